The predicted octanol–water partition coefficient (Wildman–Crippen LogP) is 3.91. The van der Waals surface area contributed by atoms with Crippen LogP contribution in [-0.2, 0) is 11.0 Å². The van der Waals surface area contributed by atoms with E-state index in [1.807, 2.05) is 0 Å². The Balaban J connectivity index is 2.13. The number of rotatable bonds is 4. The molecular formula is C17H9F7N6O3. The number of hydrogen-bond acceptors (Lipinski definition) is 7. The van der Waals surface area contributed by atoms with Crippen molar-refractivity contribution in [2.24, 2.45) is 4.99 Å². The summed E-state index contributed by atoms with van der Waals surface area (Å²) < 4.78 is 96.3. The molecule has 1 aromatic carbocycles. The molecule has 0 saturated carbocycles. The lowest BCUT2D eigenvalue weighted by atomic mass is 10.2. The van der Waals surface area contributed by atoms with Gasteiger partial charge in [0.15, 0.2) is 11.5 Å². The average Bonchev–Trinajstić information content (AvgIpc) is 3.21. The molecule has 0 atom stereocenters. The highest BCUT2D eigenvalue weighted by Crippen LogP contribution is 2.35. The average molecular weight is 478 g/mol. The molecule has 3 rings (SSSR count). The van der Waals surface area contributed by atoms with Crippen molar-refractivity contribution in [3.05, 3.63) is 59.8 Å². The molecule has 0 saturated heterocycles. The van der Waals surface area contributed by atoms with Crippen molar-refractivity contribution in [1.29, 1.82) is 0 Å². The van der Waals surface area contributed by atoms with Crippen LogP contribution in [0.15, 0.2) is 52.3 Å². The number of benzene rings is 1. The first-order valence-electron chi connectivity index (χ1n) is 8.43. The summed E-state index contributed by atoms with van der Waals surface area (Å²) in [6.45, 7) is 0. The maximum absolute atomic E-state index is 13.5. The quantitative estimate of drug-likeness (QED) is 0.253. The zero-order chi connectivity index (χ0) is 24.4. The van der Waals surface area contributed by atoms with Gasteiger partial charge in [-0.2, -0.15) is 26.3 Å². The molecule has 9 nitrogen and oxygen atoms in total. The number of aliphatic imine (C=N–C) groups is 1. The molecule has 0 aliphatic rings. The van der Waals surface area contributed by atoms with E-state index < -0.39 is 52.7 Å². The van der Waals surface area contributed by atoms with Crippen LogP contribution >= 0.6 is 0 Å². The summed E-state index contributed by atoms with van der Waals surface area (Å²) in [5.74, 6) is -5.82. The summed E-state index contributed by atoms with van der Waals surface area (Å²) in [7, 11) is 0. The van der Waals surface area contributed by atoms with Gasteiger partial charge in [0.2, 0.25) is 5.82 Å². The minimum absolute atomic E-state index is 0.0200. The molecule has 0 fully saturated rings. The number of pyridine rings is 1. The molecule has 1 amide bonds. The Kier molecular flexibility index (Phi) is 6.30. The second-order valence-electron chi connectivity index (χ2n) is 6.01. The van der Waals surface area contributed by atoms with E-state index in [9.17, 15) is 40.7 Å². The van der Waals surface area contributed by atoms with Gasteiger partial charge >= 0.3 is 18.3 Å². The normalized spacial score (nSPS) is 12.5. The second-order valence-corrected chi connectivity index (χ2v) is 6.01. The first-order valence-corrected chi connectivity index (χ1v) is 8.43. The van der Waals surface area contributed by atoms with Crippen molar-refractivity contribution in [3.8, 4) is 0 Å². The predicted molar refractivity (Wildman–Crippen MR) is 94.3 cm³/mol. The number of alkyl halides is 6. The van der Waals surface area contributed by atoms with Gasteiger partial charge in [0.1, 0.15) is 5.82 Å². The van der Waals surface area contributed by atoms with E-state index >= 15 is 0 Å². The summed E-state index contributed by atoms with van der Waals surface area (Å²) in [5.41, 5.74) is -2.01. The summed E-state index contributed by atoms with van der Waals surface area (Å²) in [4.78, 5) is 19.3. The van der Waals surface area contributed by atoms with E-state index in [0.717, 1.165) is 30.6 Å². The third-order valence-electron chi connectivity index (χ3n) is 3.88. The number of hydrogen-bond donors (Lipinski definition) is 2. The third kappa shape index (κ3) is 5.05. The number of halogens is 7. The number of carbonyl (C=O) groups is 1. The highest BCUT2D eigenvalue weighted by molar-refractivity contribution is 6.09. The van der Waals surface area contributed by atoms with Crippen molar-refractivity contribution in [3.63, 3.8) is 0 Å². The molecule has 16 heteroatoms. The highest BCUT2D eigenvalue weighted by Gasteiger charge is 2.46. The number of nitrogens with one attached hydrogen (secondary N) is 1. The van der Waals surface area contributed by atoms with Gasteiger partial charge in [-0.15, -0.1) is 0 Å². The maximum atomic E-state index is 13.5. The van der Waals surface area contributed by atoms with E-state index in [0.29, 0.717) is 6.07 Å². The molecule has 174 valence electrons. The number of anilines is 2. The zero-order valence-electron chi connectivity index (χ0n) is 15.7. The molecule has 0 bridgehead atoms. The van der Waals surface area contributed by atoms with Crippen LogP contribution in [0.4, 0.5) is 47.9 Å². The number of aromatic nitrogens is 3. The van der Waals surface area contributed by atoms with Crippen LogP contribution in [0, 0.1) is 5.82 Å². The fourth-order valence-corrected chi connectivity index (χ4v) is 2.50. The Morgan fingerprint density at radius 1 is 1.06 bits per heavy atom. The third-order valence-corrected chi connectivity index (χ3v) is 3.88. The smallest absolute Gasteiger partial charge is 0.290 e. The Morgan fingerprint density at radius 3 is 2.30 bits per heavy atom. The van der Waals surface area contributed by atoms with E-state index in [1.54, 1.807) is 0 Å². The van der Waals surface area contributed by atoms with Gasteiger partial charge in [-0.25, -0.2) is 14.0 Å². The molecule has 0 aliphatic carbocycles. The van der Waals surface area contributed by atoms with Gasteiger partial charge in [0.05, 0.1) is 16.9 Å². The topological polar surface area (TPSA) is 117 Å². The Labute approximate surface area is 178 Å². The monoisotopic (exact) mass is 478 g/mol. The molecule has 2 N–H and O–H groups in total. The molecule has 0 spiro atoms. The van der Waals surface area contributed by atoms with E-state index in [2.05, 4.69) is 24.9 Å². The highest BCUT2D eigenvalue weighted by atomic mass is 19.4. The second kappa shape index (κ2) is 8.81. The van der Waals surface area contributed by atoms with Crippen molar-refractivity contribution in [2.75, 3.05) is 4.90 Å². The van der Waals surface area contributed by atoms with Crippen molar-refractivity contribution >= 4 is 28.9 Å². The van der Waals surface area contributed by atoms with Gasteiger partial charge in [0.25, 0.3) is 0 Å². The first kappa shape index (κ1) is 23.6. The van der Waals surface area contributed by atoms with Crippen LogP contribution < -0.4 is 10.4 Å². The van der Waals surface area contributed by atoms with Crippen molar-refractivity contribution in [1.82, 2.24) is 20.8 Å². The van der Waals surface area contributed by atoms with Crippen LogP contribution in [0.5, 0.6) is 0 Å². The lowest BCUT2D eigenvalue weighted by molar-refractivity contribution is -0.169. The SMILES string of the molecule is O=C(N(c1ccncc1)c1nonc1C(=Nc1ccc(F)c(C(F)(F)F)c1)NO)C(F)(F)F. The minimum Gasteiger partial charge on any atom is -0.290 e. The molecular weight excluding hydrogens is 469 g/mol. The lowest BCUT2D eigenvalue weighted by Crippen LogP contribution is -2.39. The van der Waals surface area contributed by atoms with Gasteiger partial charge in [-0.1, -0.05) is 0 Å². The van der Waals surface area contributed by atoms with Gasteiger partial charge in [-0.3, -0.25) is 25.4 Å². The standard InChI is InChI=1S/C17H9F7N6O3/c18-11-2-1-8(7-10(11)16(19,20)21)26-13(27-32)12-14(29-33-28-12)30(15(31)17(22,23)24)9-3-5-25-6-4-9/h1-7,32H,(H,26,27). The first-order chi connectivity index (χ1) is 15.4. The van der Waals surface area contributed by atoms with Crippen LogP contribution in [0.25, 0.3) is 0 Å². The summed E-state index contributed by atoms with van der Waals surface area (Å²) in [6, 6.07) is 3.54. The largest absolute Gasteiger partial charge is 0.472 e. The van der Waals surface area contributed by atoms with Crippen molar-refractivity contribution in [2.45, 2.75) is 12.4 Å². The Morgan fingerprint density at radius 2 is 1.73 bits per heavy atom. The van der Waals surface area contributed by atoms with E-state index in [4.69, 9.17) is 0 Å². The van der Waals surface area contributed by atoms with Crippen LogP contribution in [0.2, 0.25) is 0 Å². The number of hydroxylamine groups is 1. The number of carbonyl (C=O) groups excluding carboxylic acids is 1. The summed E-state index contributed by atoms with van der Waals surface area (Å²) in [5, 5.41) is 15.9. The molecule has 3 aromatic rings. The molecule has 2 aromatic heterocycles. The van der Waals surface area contributed by atoms with Crippen LogP contribution in [0.3, 0.4) is 0 Å². The number of amidine groups is 1. The number of amides is 1. The van der Waals surface area contributed by atoms with Gasteiger partial charge < -0.3 is 0 Å². The lowest BCUT2D eigenvalue weighted by Gasteiger charge is -2.21. The van der Waals surface area contributed by atoms with Crippen LogP contribution in [0.1, 0.15) is 11.3 Å². The fraction of sp³-hybridized carbons (Fsp3) is 0.118. The molecule has 0 aliphatic heterocycles. The Hall–Kier alpha value is -4.08. The van der Waals surface area contributed by atoms with Crippen molar-refractivity contribution < 1.29 is 45.4 Å². The molecule has 0 radical (unpaired) electrons. The van der Waals surface area contributed by atoms with Crippen LogP contribution in [-0.4, -0.2) is 38.4 Å². The van der Waals surface area contributed by atoms with E-state index in [1.165, 1.54) is 5.48 Å². The maximum Gasteiger partial charge on any atom is 0.472 e. The van der Waals surface area contributed by atoms with Gasteiger partial charge in [-0.05, 0) is 40.6 Å². The summed E-state index contributed by atoms with van der Waals surface area (Å²) in [6.07, 6.45) is -8.35. The minimum atomic E-state index is -5.40. The molecule has 0 unspecified atom stereocenters. The zero-order valence-corrected chi connectivity index (χ0v) is 15.7. The molecule has 33 heavy (non-hydrogen) atoms. The molecule has 2 heterocycles. The van der Waals surface area contributed by atoms with Gasteiger partial charge in [0, 0.05) is 12.4 Å². The Bertz CT molecular complexity index is 1180. The summed E-state index contributed by atoms with van der Waals surface area (Å²) >= 11 is 0. The number of nitrogens with zero attached hydrogens (tertiary/aromatic N) is 5. The van der Waals surface area contributed by atoms with E-state index in [-0.39, 0.29) is 16.7 Å². The fourth-order valence-electron chi connectivity index (χ4n) is 2.50.